The van der Waals surface area contributed by atoms with E-state index in [9.17, 15) is 8.42 Å². The summed E-state index contributed by atoms with van der Waals surface area (Å²) < 4.78 is 32.4. The Bertz CT molecular complexity index is 714. The fourth-order valence-electron chi connectivity index (χ4n) is 1.79. The van der Waals surface area contributed by atoms with Crippen molar-refractivity contribution < 1.29 is 13.2 Å². The molecule has 0 atom stereocenters. The van der Waals surface area contributed by atoms with Gasteiger partial charge in [-0.25, -0.2) is 18.1 Å². The summed E-state index contributed by atoms with van der Waals surface area (Å²) >= 11 is 1.50. The van der Waals surface area contributed by atoms with Gasteiger partial charge in [0.05, 0.1) is 18.6 Å². The van der Waals surface area contributed by atoms with Crippen LogP contribution in [0.4, 0.5) is 0 Å². The average Bonchev–Trinajstić information content (AvgIpc) is 3.00. The number of methoxy groups -OCH3 is 1. The minimum absolute atomic E-state index is 0.0934. The molecule has 0 bridgehead atoms. The second-order valence-electron chi connectivity index (χ2n) is 4.43. The van der Waals surface area contributed by atoms with Crippen molar-refractivity contribution in [2.75, 3.05) is 25.2 Å². The number of aromatic nitrogens is 2. The van der Waals surface area contributed by atoms with Gasteiger partial charge in [-0.15, -0.1) is 0 Å². The first-order valence-corrected chi connectivity index (χ1v) is 9.47. The average molecular weight is 341 g/mol. The second kappa shape index (κ2) is 7.66. The molecule has 1 aromatic carbocycles. The van der Waals surface area contributed by atoms with Gasteiger partial charge in [-0.05, 0) is 19.1 Å². The number of thioether (sulfide) groups is 1. The van der Waals surface area contributed by atoms with E-state index < -0.39 is 10.0 Å². The zero-order valence-corrected chi connectivity index (χ0v) is 14.2. The van der Waals surface area contributed by atoms with Crippen molar-refractivity contribution in [1.29, 1.82) is 0 Å². The highest BCUT2D eigenvalue weighted by Crippen LogP contribution is 2.22. The summed E-state index contributed by atoms with van der Waals surface area (Å²) in [6, 6.07) is 7.68. The van der Waals surface area contributed by atoms with Crippen LogP contribution < -0.4 is 9.46 Å². The van der Waals surface area contributed by atoms with E-state index in [-0.39, 0.29) is 5.75 Å². The molecule has 0 spiro atoms. The summed E-state index contributed by atoms with van der Waals surface area (Å²) in [6.45, 7) is 2.00. The zero-order chi connectivity index (χ0) is 16.0. The SMILES string of the molecule is CCS(=O)(=O)NCCSc1nccn1-c1cccc(OC)c1. The molecule has 0 aliphatic rings. The van der Waals surface area contributed by atoms with E-state index in [0.717, 1.165) is 16.6 Å². The molecule has 0 saturated carbocycles. The highest BCUT2D eigenvalue weighted by molar-refractivity contribution is 7.99. The molecule has 0 amide bonds. The molecule has 0 aliphatic heterocycles. The Kier molecular flexibility index (Phi) is 5.87. The predicted octanol–water partition coefficient (Wildman–Crippen LogP) is 1.91. The van der Waals surface area contributed by atoms with Gasteiger partial charge < -0.3 is 4.74 Å². The number of nitrogens with one attached hydrogen (secondary N) is 1. The molecule has 0 aliphatic carbocycles. The quantitative estimate of drug-likeness (QED) is 0.586. The van der Waals surface area contributed by atoms with E-state index in [1.165, 1.54) is 11.8 Å². The summed E-state index contributed by atoms with van der Waals surface area (Å²) in [6.07, 6.45) is 3.59. The third-order valence-electron chi connectivity index (χ3n) is 2.97. The molecule has 22 heavy (non-hydrogen) atoms. The van der Waals surface area contributed by atoms with Crippen LogP contribution in [-0.4, -0.2) is 43.1 Å². The zero-order valence-electron chi connectivity index (χ0n) is 12.5. The summed E-state index contributed by atoms with van der Waals surface area (Å²) in [4.78, 5) is 4.31. The van der Waals surface area contributed by atoms with E-state index in [1.807, 2.05) is 35.0 Å². The summed E-state index contributed by atoms with van der Waals surface area (Å²) in [5.41, 5.74) is 0.952. The van der Waals surface area contributed by atoms with Gasteiger partial charge >= 0.3 is 0 Å². The first kappa shape index (κ1) is 16.9. The molecular weight excluding hydrogens is 322 g/mol. The molecular formula is C14H19N3O3S2. The lowest BCUT2D eigenvalue weighted by Gasteiger charge is -2.09. The number of benzene rings is 1. The maximum atomic E-state index is 11.4. The third kappa shape index (κ3) is 4.49. The molecule has 0 unspecified atom stereocenters. The third-order valence-corrected chi connectivity index (χ3v) is 5.35. The molecule has 6 nitrogen and oxygen atoms in total. The largest absolute Gasteiger partial charge is 0.497 e. The Labute approximate surface area is 134 Å². The maximum Gasteiger partial charge on any atom is 0.211 e. The summed E-state index contributed by atoms with van der Waals surface area (Å²) in [5.74, 6) is 1.48. The number of ether oxygens (including phenoxy) is 1. The standard InChI is InChI=1S/C14H19N3O3S2/c1-3-22(18,19)16-8-10-21-14-15-7-9-17(14)12-5-4-6-13(11-12)20-2/h4-7,9,11,16H,3,8,10H2,1-2H3. The molecule has 0 fully saturated rings. The Hall–Kier alpha value is -1.51. The monoisotopic (exact) mass is 341 g/mol. The number of imidazole rings is 1. The maximum absolute atomic E-state index is 11.4. The van der Waals surface area contributed by atoms with Gasteiger partial charge in [0.15, 0.2) is 5.16 Å². The normalized spacial score (nSPS) is 11.5. The van der Waals surface area contributed by atoms with Crippen LogP contribution >= 0.6 is 11.8 Å². The topological polar surface area (TPSA) is 73.2 Å². The fraction of sp³-hybridized carbons (Fsp3) is 0.357. The first-order chi connectivity index (χ1) is 10.6. The van der Waals surface area contributed by atoms with E-state index in [2.05, 4.69) is 9.71 Å². The fourth-order valence-corrected chi connectivity index (χ4v) is 3.37. The van der Waals surface area contributed by atoms with Gasteiger partial charge in [-0.3, -0.25) is 4.57 Å². The van der Waals surface area contributed by atoms with Crippen molar-refractivity contribution >= 4 is 21.8 Å². The summed E-state index contributed by atoms with van der Waals surface area (Å²) in [7, 11) is -1.51. The minimum atomic E-state index is -3.14. The predicted molar refractivity (Wildman–Crippen MR) is 88.3 cm³/mol. The molecule has 120 valence electrons. The van der Waals surface area contributed by atoms with Crippen LogP contribution in [0.1, 0.15) is 6.92 Å². The highest BCUT2D eigenvalue weighted by Gasteiger charge is 2.08. The van der Waals surface area contributed by atoms with E-state index in [1.54, 1.807) is 20.2 Å². The molecule has 1 heterocycles. The lowest BCUT2D eigenvalue weighted by atomic mass is 10.3. The summed E-state index contributed by atoms with van der Waals surface area (Å²) in [5, 5.41) is 0.809. The van der Waals surface area contributed by atoms with Crippen LogP contribution in [0.2, 0.25) is 0 Å². The lowest BCUT2D eigenvalue weighted by Crippen LogP contribution is -2.27. The van der Waals surface area contributed by atoms with Crippen molar-refractivity contribution in [3.05, 3.63) is 36.7 Å². The Balaban J connectivity index is 2.01. The lowest BCUT2D eigenvalue weighted by molar-refractivity contribution is 0.414. The number of nitrogens with zero attached hydrogens (tertiary/aromatic N) is 2. The van der Waals surface area contributed by atoms with E-state index in [0.29, 0.717) is 12.3 Å². The van der Waals surface area contributed by atoms with Crippen LogP contribution in [0.5, 0.6) is 5.75 Å². The van der Waals surface area contributed by atoms with Gasteiger partial charge in [-0.1, -0.05) is 17.8 Å². The van der Waals surface area contributed by atoms with Crippen molar-refractivity contribution in [3.8, 4) is 11.4 Å². The smallest absolute Gasteiger partial charge is 0.211 e. The van der Waals surface area contributed by atoms with Crippen molar-refractivity contribution in [1.82, 2.24) is 14.3 Å². The molecule has 2 aromatic rings. The highest BCUT2D eigenvalue weighted by atomic mass is 32.2. The van der Waals surface area contributed by atoms with Crippen molar-refractivity contribution in [2.45, 2.75) is 12.1 Å². The molecule has 0 saturated heterocycles. The van der Waals surface area contributed by atoms with Gasteiger partial charge in [0.2, 0.25) is 10.0 Å². The number of sulfonamides is 1. The molecule has 1 aromatic heterocycles. The van der Waals surface area contributed by atoms with Crippen molar-refractivity contribution in [2.24, 2.45) is 0 Å². The first-order valence-electron chi connectivity index (χ1n) is 6.83. The van der Waals surface area contributed by atoms with Crippen LogP contribution in [0.3, 0.4) is 0 Å². The van der Waals surface area contributed by atoms with Crippen molar-refractivity contribution in [3.63, 3.8) is 0 Å². The van der Waals surface area contributed by atoms with E-state index >= 15 is 0 Å². The minimum Gasteiger partial charge on any atom is -0.497 e. The van der Waals surface area contributed by atoms with Gasteiger partial charge in [0.1, 0.15) is 5.75 Å². The van der Waals surface area contributed by atoms with Crippen LogP contribution in [0.15, 0.2) is 41.8 Å². The van der Waals surface area contributed by atoms with Crippen LogP contribution in [0, 0.1) is 0 Å². The Morgan fingerprint density at radius 2 is 2.23 bits per heavy atom. The molecule has 2 rings (SSSR count). The van der Waals surface area contributed by atoms with Gasteiger partial charge in [0.25, 0.3) is 0 Å². The van der Waals surface area contributed by atoms with Gasteiger partial charge in [0, 0.05) is 30.8 Å². The Morgan fingerprint density at radius 1 is 1.41 bits per heavy atom. The molecule has 0 radical (unpaired) electrons. The van der Waals surface area contributed by atoms with Crippen LogP contribution in [0.25, 0.3) is 5.69 Å². The number of rotatable bonds is 8. The number of hydrogen-bond donors (Lipinski definition) is 1. The second-order valence-corrected chi connectivity index (χ2v) is 7.59. The van der Waals surface area contributed by atoms with Crippen LogP contribution in [-0.2, 0) is 10.0 Å². The Morgan fingerprint density at radius 3 is 2.95 bits per heavy atom. The number of hydrogen-bond acceptors (Lipinski definition) is 5. The van der Waals surface area contributed by atoms with E-state index in [4.69, 9.17) is 4.74 Å². The molecule has 8 heteroatoms. The van der Waals surface area contributed by atoms with Gasteiger partial charge in [-0.2, -0.15) is 0 Å². The molecule has 1 N–H and O–H groups in total.